The Kier molecular flexibility index (Phi) is 3.49. The molecule has 0 saturated heterocycles. The molecule has 0 atom stereocenters. The van der Waals surface area contributed by atoms with Gasteiger partial charge in [-0.15, -0.1) is 11.3 Å². The van der Waals surface area contributed by atoms with Gasteiger partial charge in [-0.3, -0.25) is 10.1 Å². The largest absolute Gasteiger partial charge is 0.380 e. The normalized spacial score (nSPS) is 18.6. The maximum atomic E-state index is 11.9. The average molecular weight is 254 g/mol. The molecule has 1 aromatic heterocycles. The lowest BCUT2D eigenvalue weighted by molar-refractivity contribution is -0.133. The number of anilines is 1. The minimum atomic E-state index is -1.18. The van der Waals surface area contributed by atoms with E-state index < -0.39 is 5.60 Å². The number of carbonyl (C=O) groups is 1. The maximum absolute atomic E-state index is 11.9. The van der Waals surface area contributed by atoms with Gasteiger partial charge in [-0.25, -0.2) is 4.98 Å². The molecule has 1 amide bonds. The van der Waals surface area contributed by atoms with Crippen LogP contribution in [0, 0.1) is 0 Å². The Balaban J connectivity index is 2.02. The molecule has 4 nitrogen and oxygen atoms in total. The topological polar surface area (TPSA) is 62.2 Å². The number of aromatic nitrogens is 1. The van der Waals surface area contributed by atoms with Crippen molar-refractivity contribution in [3.8, 4) is 0 Å². The summed E-state index contributed by atoms with van der Waals surface area (Å²) < 4.78 is 0. The molecule has 0 aromatic carbocycles. The summed E-state index contributed by atoms with van der Waals surface area (Å²) in [5, 5.41) is 13.4. The second-order valence-corrected chi connectivity index (χ2v) is 5.98. The van der Waals surface area contributed by atoms with Crippen LogP contribution in [0.5, 0.6) is 0 Å². The Morgan fingerprint density at radius 3 is 2.71 bits per heavy atom. The monoisotopic (exact) mass is 254 g/mol. The SMILES string of the molecule is CC(C)c1cnc(NC(=O)C2(O)CCCC2)s1. The first kappa shape index (κ1) is 12.5. The zero-order chi connectivity index (χ0) is 12.5. The van der Waals surface area contributed by atoms with Gasteiger partial charge in [-0.2, -0.15) is 0 Å². The highest BCUT2D eigenvalue weighted by Crippen LogP contribution is 2.32. The third-order valence-corrected chi connectivity index (χ3v) is 4.38. The van der Waals surface area contributed by atoms with E-state index in [1.807, 2.05) is 0 Å². The van der Waals surface area contributed by atoms with E-state index in [1.165, 1.54) is 11.3 Å². The highest BCUT2D eigenvalue weighted by molar-refractivity contribution is 7.15. The van der Waals surface area contributed by atoms with Gasteiger partial charge in [-0.1, -0.05) is 13.8 Å². The van der Waals surface area contributed by atoms with Gasteiger partial charge in [0.2, 0.25) is 0 Å². The lowest BCUT2D eigenvalue weighted by atomic mass is 10.0. The van der Waals surface area contributed by atoms with Gasteiger partial charge < -0.3 is 5.11 Å². The molecule has 17 heavy (non-hydrogen) atoms. The predicted octanol–water partition coefficient (Wildman–Crippen LogP) is 2.51. The van der Waals surface area contributed by atoms with Crippen LogP contribution in [0.4, 0.5) is 5.13 Å². The average Bonchev–Trinajstić information content (AvgIpc) is 2.88. The van der Waals surface area contributed by atoms with Gasteiger partial charge in [0.25, 0.3) is 5.91 Å². The number of hydrogen-bond donors (Lipinski definition) is 2. The van der Waals surface area contributed by atoms with Crippen molar-refractivity contribution in [3.05, 3.63) is 11.1 Å². The zero-order valence-electron chi connectivity index (χ0n) is 10.2. The Morgan fingerprint density at radius 1 is 1.53 bits per heavy atom. The number of nitrogens with one attached hydrogen (secondary N) is 1. The van der Waals surface area contributed by atoms with Crippen molar-refractivity contribution in [2.45, 2.75) is 51.0 Å². The second-order valence-electron chi connectivity index (χ2n) is 4.92. The van der Waals surface area contributed by atoms with Gasteiger partial charge in [0.15, 0.2) is 5.13 Å². The van der Waals surface area contributed by atoms with Crippen molar-refractivity contribution >= 4 is 22.4 Å². The molecule has 1 aromatic rings. The van der Waals surface area contributed by atoms with Crippen LogP contribution in [0.2, 0.25) is 0 Å². The van der Waals surface area contributed by atoms with Crippen LogP contribution in [0.1, 0.15) is 50.3 Å². The van der Waals surface area contributed by atoms with Crippen LogP contribution in [0.3, 0.4) is 0 Å². The molecule has 0 bridgehead atoms. The van der Waals surface area contributed by atoms with Crippen LogP contribution >= 0.6 is 11.3 Å². The second kappa shape index (κ2) is 4.74. The van der Waals surface area contributed by atoms with Crippen molar-refractivity contribution in [2.24, 2.45) is 0 Å². The number of thiazole rings is 1. The Bertz CT molecular complexity index is 408. The minimum absolute atomic E-state index is 0.306. The molecule has 1 fully saturated rings. The Labute approximate surface area is 105 Å². The van der Waals surface area contributed by atoms with Gasteiger partial charge in [0.1, 0.15) is 5.60 Å². The van der Waals surface area contributed by atoms with Crippen molar-refractivity contribution < 1.29 is 9.90 Å². The number of carbonyl (C=O) groups excluding carboxylic acids is 1. The zero-order valence-corrected chi connectivity index (χ0v) is 11.0. The van der Waals surface area contributed by atoms with E-state index in [0.717, 1.165) is 17.7 Å². The Hall–Kier alpha value is -0.940. The summed E-state index contributed by atoms with van der Waals surface area (Å²) in [7, 11) is 0. The lowest BCUT2D eigenvalue weighted by Crippen LogP contribution is -2.40. The van der Waals surface area contributed by atoms with Crippen LogP contribution in [0.25, 0.3) is 0 Å². The summed E-state index contributed by atoms with van der Waals surface area (Å²) in [5.41, 5.74) is -1.18. The highest BCUT2D eigenvalue weighted by Gasteiger charge is 2.39. The fourth-order valence-corrected chi connectivity index (χ4v) is 2.83. The van der Waals surface area contributed by atoms with E-state index in [9.17, 15) is 9.90 Å². The molecule has 0 unspecified atom stereocenters. The molecule has 2 N–H and O–H groups in total. The first-order chi connectivity index (χ1) is 8.01. The van der Waals surface area contributed by atoms with Gasteiger partial charge in [-0.05, 0) is 31.6 Å². The molecule has 1 aliphatic rings. The number of amides is 1. The van der Waals surface area contributed by atoms with Crippen molar-refractivity contribution in [1.29, 1.82) is 0 Å². The number of rotatable bonds is 3. The first-order valence-corrected chi connectivity index (χ1v) is 6.82. The standard InChI is InChI=1S/C12H18N2O2S/c1-8(2)9-7-13-11(17-9)14-10(15)12(16)5-3-4-6-12/h7-8,16H,3-6H2,1-2H3,(H,13,14,15). The van der Waals surface area contributed by atoms with E-state index in [4.69, 9.17) is 0 Å². The van der Waals surface area contributed by atoms with Crippen LogP contribution in [-0.4, -0.2) is 21.6 Å². The molecule has 2 rings (SSSR count). The van der Waals surface area contributed by atoms with Gasteiger partial charge in [0, 0.05) is 11.1 Å². The third-order valence-electron chi connectivity index (χ3n) is 3.17. The molecular formula is C12H18N2O2S. The van der Waals surface area contributed by atoms with Gasteiger partial charge in [0.05, 0.1) is 0 Å². The number of aliphatic hydroxyl groups is 1. The van der Waals surface area contributed by atoms with Crippen molar-refractivity contribution in [3.63, 3.8) is 0 Å². The molecule has 5 heteroatoms. The van der Waals surface area contributed by atoms with E-state index in [-0.39, 0.29) is 5.91 Å². The summed E-state index contributed by atoms with van der Waals surface area (Å²) in [6.07, 6.45) is 4.73. The summed E-state index contributed by atoms with van der Waals surface area (Å²) in [4.78, 5) is 17.2. The molecule has 0 spiro atoms. The van der Waals surface area contributed by atoms with E-state index >= 15 is 0 Å². The predicted molar refractivity (Wildman–Crippen MR) is 68.3 cm³/mol. The van der Waals surface area contributed by atoms with Crippen LogP contribution in [-0.2, 0) is 4.79 Å². The molecule has 1 aliphatic carbocycles. The minimum Gasteiger partial charge on any atom is -0.380 e. The third kappa shape index (κ3) is 2.66. The smallest absolute Gasteiger partial charge is 0.258 e. The Morgan fingerprint density at radius 2 is 2.18 bits per heavy atom. The lowest BCUT2D eigenvalue weighted by Gasteiger charge is -2.19. The molecule has 1 heterocycles. The molecule has 94 valence electrons. The summed E-state index contributed by atoms with van der Waals surface area (Å²) in [6.45, 7) is 4.17. The molecule has 0 radical (unpaired) electrons. The quantitative estimate of drug-likeness (QED) is 0.871. The van der Waals surface area contributed by atoms with Gasteiger partial charge >= 0.3 is 0 Å². The number of nitrogens with zero attached hydrogens (tertiary/aromatic N) is 1. The molecule has 1 saturated carbocycles. The first-order valence-electron chi connectivity index (χ1n) is 6.01. The van der Waals surface area contributed by atoms with Crippen LogP contribution < -0.4 is 5.32 Å². The van der Waals surface area contributed by atoms with Crippen molar-refractivity contribution in [1.82, 2.24) is 4.98 Å². The number of hydrogen-bond acceptors (Lipinski definition) is 4. The van der Waals surface area contributed by atoms with Crippen LogP contribution in [0.15, 0.2) is 6.20 Å². The summed E-state index contributed by atoms with van der Waals surface area (Å²) in [6, 6.07) is 0. The fraction of sp³-hybridized carbons (Fsp3) is 0.667. The highest BCUT2D eigenvalue weighted by atomic mass is 32.1. The summed E-state index contributed by atoms with van der Waals surface area (Å²) in [5.74, 6) is 0.104. The van der Waals surface area contributed by atoms with E-state index in [1.54, 1.807) is 6.20 Å². The van der Waals surface area contributed by atoms with Crippen molar-refractivity contribution in [2.75, 3.05) is 5.32 Å². The fourth-order valence-electron chi connectivity index (χ4n) is 2.01. The van der Waals surface area contributed by atoms with E-state index in [0.29, 0.717) is 23.9 Å². The molecular weight excluding hydrogens is 236 g/mol. The van der Waals surface area contributed by atoms with E-state index in [2.05, 4.69) is 24.1 Å². The maximum Gasteiger partial charge on any atom is 0.258 e. The molecule has 0 aliphatic heterocycles. The summed E-state index contributed by atoms with van der Waals surface area (Å²) >= 11 is 1.47.